The molecular weight excluding hydrogens is 446 g/mol. The molecule has 0 saturated carbocycles. The zero-order valence-corrected chi connectivity index (χ0v) is 21.1. The van der Waals surface area contributed by atoms with Crippen molar-refractivity contribution in [3.63, 3.8) is 0 Å². The molecule has 1 atom stereocenters. The topological polar surface area (TPSA) is 97.2 Å². The summed E-state index contributed by atoms with van der Waals surface area (Å²) >= 11 is 0. The van der Waals surface area contributed by atoms with E-state index < -0.39 is 14.1 Å². The van der Waals surface area contributed by atoms with Crippen LogP contribution in [0.3, 0.4) is 0 Å². The Balaban J connectivity index is 1.29. The number of rotatable bonds is 7. The van der Waals surface area contributed by atoms with Gasteiger partial charge in [-0.3, -0.25) is 24.4 Å². The number of carbonyl (C=O) groups is 3. The van der Waals surface area contributed by atoms with Gasteiger partial charge in [0.05, 0.1) is 6.20 Å². The number of piperidine rings is 1. The van der Waals surface area contributed by atoms with Crippen LogP contribution in [0.2, 0.25) is 19.6 Å². The van der Waals surface area contributed by atoms with Gasteiger partial charge >= 0.3 is 0 Å². The second-order valence-electron chi connectivity index (χ2n) is 10.0. The van der Waals surface area contributed by atoms with E-state index in [4.69, 9.17) is 0 Å². The van der Waals surface area contributed by atoms with Crippen LogP contribution in [0.25, 0.3) is 0 Å². The molecule has 0 spiro atoms. The van der Waals surface area contributed by atoms with Crippen molar-refractivity contribution in [1.29, 1.82) is 0 Å². The van der Waals surface area contributed by atoms with Crippen molar-refractivity contribution in [3.05, 3.63) is 46.8 Å². The van der Waals surface area contributed by atoms with Gasteiger partial charge in [-0.15, -0.1) is 10.6 Å². The molecule has 1 aromatic carbocycles. The van der Waals surface area contributed by atoms with Crippen LogP contribution in [0.1, 0.15) is 59.3 Å². The molecular formula is C25H31N5O3Si. The van der Waals surface area contributed by atoms with E-state index in [1.807, 2.05) is 23.0 Å². The lowest BCUT2D eigenvalue weighted by Crippen LogP contribution is -2.52. The Morgan fingerprint density at radius 1 is 1.15 bits per heavy atom. The zero-order chi connectivity index (χ0) is 24.3. The van der Waals surface area contributed by atoms with E-state index in [1.165, 1.54) is 0 Å². The number of carbonyl (C=O) groups excluding carboxylic acids is 3. The van der Waals surface area contributed by atoms with E-state index in [1.54, 1.807) is 4.90 Å². The smallest absolute Gasteiger partial charge is 0.255 e. The Bertz CT molecular complexity index is 1170. The van der Waals surface area contributed by atoms with Gasteiger partial charge in [0.1, 0.15) is 14.1 Å². The first-order chi connectivity index (χ1) is 16.2. The fourth-order valence-electron chi connectivity index (χ4n) is 4.37. The van der Waals surface area contributed by atoms with Crippen molar-refractivity contribution in [1.82, 2.24) is 25.2 Å². The molecule has 34 heavy (non-hydrogen) atoms. The minimum absolute atomic E-state index is 0.120. The molecule has 0 bridgehead atoms. The van der Waals surface area contributed by atoms with Crippen molar-refractivity contribution in [3.8, 4) is 11.5 Å². The minimum atomic E-state index is -1.43. The van der Waals surface area contributed by atoms with E-state index in [-0.39, 0.29) is 24.1 Å². The molecule has 0 radical (unpaired) electrons. The average Bonchev–Trinajstić information content (AvgIpc) is 3.37. The Kier molecular flexibility index (Phi) is 6.98. The maximum absolute atomic E-state index is 12.9. The molecule has 2 aromatic rings. The molecule has 9 heteroatoms. The number of hydrogen-bond donors (Lipinski definition) is 1. The maximum Gasteiger partial charge on any atom is 0.255 e. The molecule has 0 aliphatic carbocycles. The summed E-state index contributed by atoms with van der Waals surface area (Å²) in [6.45, 7) is 7.84. The van der Waals surface area contributed by atoms with Crippen molar-refractivity contribution in [2.24, 2.45) is 0 Å². The number of aryl methyl sites for hydroxylation is 2. The Labute approximate surface area is 201 Å². The highest BCUT2D eigenvalue weighted by atomic mass is 28.3. The molecule has 3 heterocycles. The normalized spacial score (nSPS) is 17.9. The van der Waals surface area contributed by atoms with Crippen LogP contribution >= 0.6 is 0 Å². The summed E-state index contributed by atoms with van der Waals surface area (Å²) in [5.41, 5.74) is 6.88. The zero-order valence-electron chi connectivity index (χ0n) is 20.1. The Morgan fingerprint density at radius 3 is 2.74 bits per heavy atom. The first-order valence-corrected chi connectivity index (χ1v) is 15.4. The Morgan fingerprint density at radius 2 is 1.97 bits per heavy atom. The van der Waals surface area contributed by atoms with Crippen LogP contribution in [0, 0.1) is 11.5 Å². The lowest BCUT2D eigenvalue weighted by atomic mass is 9.98. The number of nitrogens with one attached hydrogen (secondary N) is 1. The summed E-state index contributed by atoms with van der Waals surface area (Å²) in [6, 6.07) is 5.24. The molecule has 3 amide bonds. The molecule has 2 aliphatic heterocycles. The minimum Gasteiger partial charge on any atom is -0.322 e. The third kappa shape index (κ3) is 5.62. The van der Waals surface area contributed by atoms with Gasteiger partial charge in [0.2, 0.25) is 11.8 Å². The van der Waals surface area contributed by atoms with Crippen molar-refractivity contribution >= 4 is 25.8 Å². The highest BCUT2D eigenvalue weighted by Gasteiger charge is 2.39. The standard InChI is InChI=1S/C25H31N5O3Si/c1-34(2,3)15-13-19-16-29(28-27-19)14-6-4-5-8-18-9-7-10-20-21(18)17-30(25(20)33)22-11-12-23(31)26-24(22)32/h7,9-10,16,22H,4-6,8,11-12,14,17H2,1-3H3,(H,26,31,32). The van der Waals surface area contributed by atoms with Crippen molar-refractivity contribution in [2.45, 2.75) is 77.3 Å². The molecule has 2 aliphatic rings. The van der Waals surface area contributed by atoms with Gasteiger partial charge in [0.25, 0.3) is 5.91 Å². The second kappa shape index (κ2) is 9.93. The van der Waals surface area contributed by atoms with Crippen LogP contribution in [0.15, 0.2) is 24.4 Å². The van der Waals surface area contributed by atoms with Gasteiger partial charge in [-0.2, -0.15) is 0 Å². The molecule has 8 nitrogen and oxygen atoms in total. The number of hydrogen-bond acceptors (Lipinski definition) is 5. The number of aromatic nitrogens is 3. The summed E-state index contributed by atoms with van der Waals surface area (Å²) in [4.78, 5) is 38.3. The van der Waals surface area contributed by atoms with Gasteiger partial charge in [-0.1, -0.05) is 49.3 Å². The number of fused-ring (bicyclic) bond motifs is 1. The molecule has 1 fully saturated rings. The number of nitrogens with zero attached hydrogens (tertiary/aromatic N) is 4. The third-order valence-corrected chi connectivity index (χ3v) is 6.99. The van der Waals surface area contributed by atoms with Gasteiger partial charge in [0, 0.05) is 25.1 Å². The van der Waals surface area contributed by atoms with E-state index >= 15 is 0 Å². The molecule has 1 aromatic heterocycles. The predicted molar refractivity (Wildman–Crippen MR) is 130 cm³/mol. The number of imide groups is 1. The number of amides is 3. The lowest BCUT2D eigenvalue weighted by molar-refractivity contribution is -0.136. The highest BCUT2D eigenvalue weighted by molar-refractivity contribution is 6.83. The Hall–Kier alpha value is -3.25. The molecule has 1 N–H and O–H groups in total. The van der Waals surface area contributed by atoms with Gasteiger partial charge in [-0.05, 0) is 42.9 Å². The number of benzene rings is 1. The van der Waals surface area contributed by atoms with Crippen LogP contribution < -0.4 is 5.32 Å². The number of unbranched alkanes of at least 4 members (excludes halogenated alkanes) is 2. The van der Waals surface area contributed by atoms with E-state index in [0.717, 1.165) is 49.0 Å². The summed E-state index contributed by atoms with van der Waals surface area (Å²) in [6.07, 6.45) is 6.45. The molecule has 1 unspecified atom stereocenters. The fourth-order valence-corrected chi connectivity index (χ4v) is 4.87. The molecule has 4 rings (SSSR count). The van der Waals surface area contributed by atoms with E-state index in [2.05, 4.69) is 52.8 Å². The van der Waals surface area contributed by atoms with E-state index in [9.17, 15) is 14.4 Å². The van der Waals surface area contributed by atoms with Crippen molar-refractivity contribution in [2.75, 3.05) is 0 Å². The third-order valence-electron chi connectivity index (χ3n) is 6.12. The largest absolute Gasteiger partial charge is 0.322 e. The average molecular weight is 478 g/mol. The maximum atomic E-state index is 12.9. The fraction of sp³-hybridized carbons (Fsp3) is 0.480. The molecule has 1 saturated heterocycles. The monoisotopic (exact) mass is 477 g/mol. The summed E-state index contributed by atoms with van der Waals surface area (Å²) in [5, 5.41) is 10.7. The quantitative estimate of drug-likeness (QED) is 0.286. The second-order valence-corrected chi connectivity index (χ2v) is 14.8. The van der Waals surface area contributed by atoms with Gasteiger partial charge in [-0.25, -0.2) is 0 Å². The van der Waals surface area contributed by atoms with Crippen molar-refractivity contribution < 1.29 is 14.4 Å². The van der Waals surface area contributed by atoms with Crippen LogP contribution in [-0.4, -0.2) is 51.7 Å². The first-order valence-electron chi connectivity index (χ1n) is 11.9. The van der Waals surface area contributed by atoms with Crippen LogP contribution in [-0.2, 0) is 29.1 Å². The highest BCUT2D eigenvalue weighted by Crippen LogP contribution is 2.30. The van der Waals surface area contributed by atoms with Gasteiger partial charge in [0.15, 0.2) is 5.69 Å². The van der Waals surface area contributed by atoms with Crippen LogP contribution in [0.5, 0.6) is 0 Å². The van der Waals surface area contributed by atoms with Gasteiger partial charge < -0.3 is 4.90 Å². The first kappa shape index (κ1) is 23.9. The SMILES string of the molecule is C[Si](C)(C)C#Cc1cn(CCCCCc2cccc3c2CN(C2CCC(=O)NC2=O)C3=O)nn1. The molecule has 178 valence electrons. The van der Waals surface area contributed by atoms with E-state index in [0.29, 0.717) is 18.5 Å². The van der Waals surface area contributed by atoms with Crippen LogP contribution in [0.4, 0.5) is 0 Å². The lowest BCUT2D eigenvalue weighted by Gasteiger charge is -2.29. The predicted octanol–water partition coefficient (Wildman–Crippen LogP) is 2.68. The summed E-state index contributed by atoms with van der Waals surface area (Å²) < 4.78 is 1.85. The summed E-state index contributed by atoms with van der Waals surface area (Å²) in [7, 11) is -1.43. The summed E-state index contributed by atoms with van der Waals surface area (Å²) in [5.74, 6) is 2.37.